The van der Waals surface area contributed by atoms with Crippen LogP contribution in [0.15, 0.2) is 66.7 Å². The summed E-state index contributed by atoms with van der Waals surface area (Å²) in [5.74, 6) is 0.930. The van der Waals surface area contributed by atoms with Gasteiger partial charge in [-0.2, -0.15) is 0 Å². The first-order valence-corrected chi connectivity index (χ1v) is 8.84. The molecular weight excluding hydrogens is 310 g/mol. The van der Waals surface area contributed by atoms with Gasteiger partial charge in [0.15, 0.2) is 0 Å². The van der Waals surface area contributed by atoms with Crippen LogP contribution in [0.1, 0.15) is 18.1 Å². The third kappa shape index (κ3) is 4.81. The highest BCUT2D eigenvalue weighted by Gasteiger charge is 2.09. The van der Waals surface area contributed by atoms with Crippen LogP contribution < -0.4 is 10.1 Å². The van der Waals surface area contributed by atoms with E-state index in [1.54, 1.807) is 0 Å². The summed E-state index contributed by atoms with van der Waals surface area (Å²) in [6.07, 6.45) is 0. The summed E-state index contributed by atoms with van der Waals surface area (Å²) in [5.41, 5.74) is 2.48. The smallest absolute Gasteiger partial charge is 0.124 e. The monoisotopic (exact) mass is 335 g/mol. The molecule has 3 aromatic rings. The molecule has 25 heavy (non-hydrogen) atoms. The summed E-state index contributed by atoms with van der Waals surface area (Å²) in [6, 6.07) is 23.1. The van der Waals surface area contributed by atoms with E-state index in [1.165, 1.54) is 21.9 Å². The SMILES string of the molecule is CCOCCOc1ccc2ccccc2c1CNCc1ccccc1. The Labute approximate surface area is 149 Å². The molecule has 3 heteroatoms. The van der Waals surface area contributed by atoms with Gasteiger partial charge in [-0.15, -0.1) is 0 Å². The van der Waals surface area contributed by atoms with Gasteiger partial charge in [0.25, 0.3) is 0 Å². The van der Waals surface area contributed by atoms with Crippen LogP contribution in [-0.4, -0.2) is 19.8 Å². The first-order valence-electron chi connectivity index (χ1n) is 8.84. The van der Waals surface area contributed by atoms with E-state index in [0.717, 1.165) is 18.8 Å². The first-order chi connectivity index (χ1) is 12.4. The molecule has 0 aliphatic carbocycles. The number of hydrogen-bond acceptors (Lipinski definition) is 3. The van der Waals surface area contributed by atoms with Crippen molar-refractivity contribution in [2.45, 2.75) is 20.0 Å². The highest BCUT2D eigenvalue weighted by atomic mass is 16.5. The molecule has 0 heterocycles. The topological polar surface area (TPSA) is 30.5 Å². The van der Waals surface area contributed by atoms with E-state index in [9.17, 15) is 0 Å². The maximum atomic E-state index is 5.99. The summed E-state index contributed by atoms with van der Waals surface area (Å²) < 4.78 is 11.4. The zero-order chi connectivity index (χ0) is 17.3. The van der Waals surface area contributed by atoms with E-state index in [1.807, 2.05) is 13.0 Å². The predicted molar refractivity (Wildman–Crippen MR) is 103 cm³/mol. The van der Waals surface area contributed by atoms with Crippen LogP contribution in [0.3, 0.4) is 0 Å². The van der Waals surface area contributed by atoms with Crippen molar-refractivity contribution in [3.8, 4) is 5.75 Å². The quantitative estimate of drug-likeness (QED) is 0.582. The molecule has 3 nitrogen and oxygen atoms in total. The van der Waals surface area contributed by atoms with Crippen LogP contribution in [0.2, 0.25) is 0 Å². The number of fused-ring (bicyclic) bond motifs is 1. The number of benzene rings is 3. The Balaban J connectivity index is 1.74. The second kappa shape index (κ2) is 9.21. The van der Waals surface area contributed by atoms with E-state index < -0.39 is 0 Å². The fraction of sp³-hybridized carbons (Fsp3) is 0.273. The molecule has 0 radical (unpaired) electrons. The van der Waals surface area contributed by atoms with Crippen molar-refractivity contribution in [2.75, 3.05) is 19.8 Å². The van der Waals surface area contributed by atoms with Crippen LogP contribution in [0, 0.1) is 0 Å². The lowest BCUT2D eigenvalue weighted by molar-refractivity contribution is 0.110. The van der Waals surface area contributed by atoms with Gasteiger partial charge >= 0.3 is 0 Å². The van der Waals surface area contributed by atoms with E-state index in [2.05, 4.69) is 66.0 Å². The minimum atomic E-state index is 0.567. The van der Waals surface area contributed by atoms with Gasteiger partial charge < -0.3 is 14.8 Å². The van der Waals surface area contributed by atoms with Crippen molar-refractivity contribution in [2.24, 2.45) is 0 Å². The Bertz CT molecular complexity index is 786. The Morgan fingerprint density at radius 1 is 0.800 bits per heavy atom. The van der Waals surface area contributed by atoms with Crippen LogP contribution >= 0.6 is 0 Å². The summed E-state index contributed by atoms with van der Waals surface area (Å²) >= 11 is 0. The normalized spacial score (nSPS) is 10.9. The maximum absolute atomic E-state index is 5.99. The Kier molecular flexibility index (Phi) is 6.43. The third-order valence-electron chi connectivity index (χ3n) is 4.16. The van der Waals surface area contributed by atoms with E-state index in [4.69, 9.17) is 9.47 Å². The predicted octanol–water partition coefficient (Wildman–Crippen LogP) is 4.54. The van der Waals surface area contributed by atoms with Crippen molar-refractivity contribution in [3.63, 3.8) is 0 Å². The number of nitrogens with one attached hydrogen (secondary N) is 1. The van der Waals surface area contributed by atoms with Crippen molar-refractivity contribution < 1.29 is 9.47 Å². The molecule has 0 spiro atoms. The van der Waals surface area contributed by atoms with E-state index in [-0.39, 0.29) is 0 Å². The molecule has 0 bridgehead atoms. The third-order valence-corrected chi connectivity index (χ3v) is 4.16. The molecule has 0 amide bonds. The fourth-order valence-electron chi connectivity index (χ4n) is 2.92. The van der Waals surface area contributed by atoms with Gasteiger partial charge in [-0.25, -0.2) is 0 Å². The zero-order valence-electron chi connectivity index (χ0n) is 14.7. The molecule has 0 atom stereocenters. The summed E-state index contributed by atoms with van der Waals surface area (Å²) in [4.78, 5) is 0. The van der Waals surface area contributed by atoms with Crippen LogP contribution in [0.4, 0.5) is 0 Å². The van der Waals surface area contributed by atoms with Crippen LogP contribution in [0.25, 0.3) is 10.8 Å². The summed E-state index contributed by atoms with van der Waals surface area (Å²) in [6.45, 7) is 5.49. The minimum absolute atomic E-state index is 0.567. The molecule has 0 fully saturated rings. The Morgan fingerprint density at radius 2 is 1.60 bits per heavy atom. The van der Waals surface area contributed by atoms with Gasteiger partial charge in [0.1, 0.15) is 12.4 Å². The van der Waals surface area contributed by atoms with Crippen LogP contribution in [-0.2, 0) is 17.8 Å². The largest absolute Gasteiger partial charge is 0.491 e. The Hall–Kier alpha value is -2.36. The molecule has 0 aliphatic rings. The standard InChI is InChI=1S/C22H25NO2/c1-2-24-14-15-25-22-13-12-19-10-6-7-11-20(19)21(22)17-23-16-18-8-4-3-5-9-18/h3-13,23H,2,14-17H2,1H3. The van der Waals surface area contributed by atoms with Crippen molar-refractivity contribution >= 4 is 10.8 Å². The number of hydrogen-bond donors (Lipinski definition) is 1. The Morgan fingerprint density at radius 3 is 2.44 bits per heavy atom. The first kappa shape index (κ1) is 17.5. The molecule has 0 unspecified atom stereocenters. The maximum Gasteiger partial charge on any atom is 0.124 e. The summed E-state index contributed by atoms with van der Waals surface area (Å²) in [7, 11) is 0. The molecule has 0 saturated heterocycles. The van der Waals surface area contributed by atoms with Gasteiger partial charge in [0, 0.05) is 25.3 Å². The molecule has 1 N–H and O–H groups in total. The highest BCUT2D eigenvalue weighted by Crippen LogP contribution is 2.28. The average Bonchev–Trinajstić information content (AvgIpc) is 2.67. The van der Waals surface area contributed by atoms with E-state index in [0.29, 0.717) is 19.8 Å². The minimum Gasteiger partial charge on any atom is -0.491 e. The zero-order valence-corrected chi connectivity index (χ0v) is 14.7. The number of rotatable bonds is 9. The van der Waals surface area contributed by atoms with Gasteiger partial charge in [0.05, 0.1) is 6.61 Å². The molecular formula is C22H25NO2. The molecule has 0 saturated carbocycles. The lowest BCUT2D eigenvalue weighted by Gasteiger charge is -2.15. The second-order valence-electron chi connectivity index (χ2n) is 5.90. The molecule has 0 aliphatic heterocycles. The molecule has 130 valence electrons. The van der Waals surface area contributed by atoms with Gasteiger partial charge in [-0.3, -0.25) is 0 Å². The van der Waals surface area contributed by atoms with Crippen LogP contribution in [0.5, 0.6) is 5.75 Å². The van der Waals surface area contributed by atoms with Crippen molar-refractivity contribution in [3.05, 3.63) is 77.9 Å². The fourth-order valence-corrected chi connectivity index (χ4v) is 2.92. The van der Waals surface area contributed by atoms with Gasteiger partial charge in [-0.1, -0.05) is 60.7 Å². The number of ether oxygens (including phenoxy) is 2. The molecule has 3 rings (SSSR count). The lowest BCUT2D eigenvalue weighted by Crippen LogP contribution is -2.15. The van der Waals surface area contributed by atoms with Crippen molar-refractivity contribution in [1.29, 1.82) is 0 Å². The van der Waals surface area contributed by atoms with Gasteiger partial charge in [-0.05, 0) is 29.3 Å². The highest BCUT2D eigenvalue weighted by molar-refractivity contribution is 5.87. The van der Waals surface area contributed by atoms with E-state index >= 15 is 0 Å². The van der Waals surface area contributed by atoms with Crippen molar-refractivity contribution in [1.82, 2.24) is 5.32 Å². The summed E-state index contributed by atoms with van der Waals surface area (Å²) in [5, 5.41) is 6.01. The molecule has 3 aromatic carbocycles. The van der Waals surface area contributed by atoms with Gasteiger partial charge in [0.2, 0.25) is 0 Å². The molecule has 0 aromatic heterocycles. The lowest BCUT2D eigenvalue weighted by atomic mass is 10.0. The second-order valence-corrected chi connectivity index (χ2v) is 5.90. The average molecular weight is 335 g/mol.